The molecule has 3 aliphatic rings. The fraction of sp³-hybridized carbons (Fsp3) is 0.296. The Morgan fingerprint density at radius 1 is 1.12 bits per heavy atom. The van der Waals surface area contributed by atoms with Crippen molar-refractivity contribution in [1.29, 1.82) is 0 Å². The number of nitrogens with zero attached hydrogens (tertiary/aromatic N) is 1. The molecule has 0 radical (unpaired) electrons. The Hall–Kier alpha value is -1.86. The SMILES string of the molecule is CC[N+]1=C(/C=C/C2=C3Oc4cc(O)ccc4C=C3CCC2)C(C)(C)c2cc(Br)ccc21.[I-]. The average Bonchev–Trinajstić information content (AvgIpc) is 2.96. The summed E-state index contributed by atoms with van der Waals surface area (Å²) in [6.45, 7) is 7.73. The highest BCUT2D eigenvalue weighted by Gasteiger charge is 2.43. The maximum Gasteiger partial charge on any atom is 0.209 e. The number of rotatable bonds is 3. The van der Waals surface area contributed by atoms with E-state index < -0.39 is 0 Å². The highest BCUT2D eigenvalue weighted by atomic mass is 127. The Morgan fingerprint density at radius 3 is 2.72 bits per heavy atom. The lowest BCUT2D eigenvalue weighted by atomic mass is 9.81. The Morgan fingerprint density at radius 2 is 1.94 bits per heavy atom. The van der Waals surface area contributed by atoms with Gasteiger partial charge in [-0.15, -0.1) is 0 Å². The standard InChI is InChI=1S/C27H26BrNO2.HI/c1-4-29-23-12-10-20(28)15-22(23)27(2,3)25(29)13-9-17-6-5-7-19-14-18-8-11-21(30)16-24(18)31-26(17)19;/h8-16H,4-7H2,1-3H3;1H. The normalized spacial score (nSPS) is 18.6. The van der Waals surface area contributed by atoms with Crippen molar-refractivity contribution >= 4 is 33.4 Å². The van der Waals surface area contributed by atoms with Crippen molar-refractivity contribution in [2.24, 2.45) is 0 Å². The van der Waals surface area contributed by atoms with E-state index in [4.69, 9.17) is 4.74 Å². The largest absolute Gasteiger partial charge is 1.00 e. The van der Waals surface area contributed by atoms with Crippen LogP contribution in [0.3, 0.4) is 0 Å². The van der Waals surface area contributed by atoms with Gasteiger partial charge in [0.2, 0.25) is 5.69 Å². The minimum absolute atomic E-state index is 0. The van der Waals surface area contributed by atoms with E-state index in [2.05, 4.69) is 77.7 Å². The van der Waals surface area contributed by atoms with Gasteiger partial charge in [0.15, 0.2) is 5.71 Å². The summed E-state index contributed by atoms with van der Waals surface area (Å²) in [5.74, 6) is 1.92. The van der Waals surface area contributed by atoms with Crippen LogP contribution < -0.4 is 28.7 Å². The smallest absolute Gasteiger partial charge is 0.209 e. The lowest BCUT2D eigenvalue weighted by molar-refractivity contribution is -0.433. The van der Waals surface area contributed by atoms with Crippen LogP contribution >= 0.6 is 15.9 Å². The first-order valence-electron chi connectivity index (χ1n) is 11.0. The lowest BCUT2D eigenvalue weighted by Crippen LogP contribution is -3.00. The molecular weight excluding hydrogens is 577 g/mol. The summed E-state index contributed by atoms with van der Waals surface area (Å²) in [6.07, 6.45) is 9.88. The quantitative estimate of drug-likeness (QED) is 0.425. The van der Waals surface area contributed by atoms with Gasteiger partial charge in [-0.1, -0.05) is 15.9 Å². The molecule has 0 saturated carbocycles. The van der Waals surface area contributed by atoms with Crippen molar-refractivity contribution in [2.75, 3.05) is 6.54 Å². The fourth-order valence-electron chi connectivity index (χ4n) is 5.03. The molecule has 166 valence electrons. The second kappa shape index (κ2) is 8.82. The van der Waals surface area contributed by atoms with E-state index in [-0.39, 0.29) is 35.1 Å². The monoisotopic (exact) mass is 603 g/mol. The Labute approximate surface area is 215 Å². The summed E-state index contributed by atoms with van der Waals surface area (Å²) in [5.41, 5.74) is 7.38. The third kappa shape index (κ3) is 3.87. The molecule has 0 fully saturated rings. The van der Waals surface area contributed by atoms with Crippen molar-refractivity contribution in [3.05, 3.63) is 81.1 Å². The molecule has 2 aliphatic heterocycles. The van der Waals surface area contributed by atoms with Gasteiger partial charge in [0.25, 0.3) is 0 Å². The van der Waals surface area contributed by atoms with Crippen LogP contribution in [0.4, 0.5) is 5.69 Å². The third-order valence-corrected chi connectivity index (χ3v) is 7.12. The number of halogens is 2. The van der Waals surface area contributed by atoms with E-state index in [1.54, 1.807) is 12.1 Å². The van der Waals surface area contributed by atoms with Gasteiger partial charge < -0.3 is 33.8 Å². The molecule has 3 nitrogen and oxygen atoms in total. The molecule has 5 heteroatoms. The van der Waals surface area contributed by atoms with Gasteiger partial charge >= 0.3 is 0 Å². The van der Waals surface area contributed by atoms with Gasteiger partial charge in [-0.2, -0.15) is 4.58 Å². The second-order valence-corrected chi connectivity index (χ2v) is 9.87. The van der Waals surface area contributed by atoms with Gasteiger partial charge in [-0.3, -0.25) is 0 Å². The number of fused-ring (bicyclic) bond motifs is 3. The van der Waals surface area contributed by atoms with Gasteiger partial charge in [0, 0.05) is 33.8 Å². The van der Waals surface area contributed by atoms with Gasteiger partial charge in [-0.05, 0) is 87.6 Å². The van der Waals surface area contributed by atoms with Crippen LogP contribution in [-0.2, 0) is 5.41 Å². The predicted octanol–water partition coefficient (Wildman–Crippen LogP) is 4.03. The minimum atomic E-state index is -0.0734. The van der Waals surface area contributed by atoms with Crippen LogP contribution in [0, 0.1) is 0 Å². The molecule has 2 aromatic carbocycles. The summed E-state index contributed by atoms with van der Waals surface area (Å²) in [7, 11) is 0. The van der Waals surface area contributed by atoms with Gasteiger partial charge in [0.05, 0.1) is 5.41 Å². The first-order valence-corrected chi connectivity index (χ1v) is 11.8. The zero-order valence-corrected chi connectivity index (χ0v) is 22.3. The van der Waals surface area contributed by atoms with Crippen molar-refractivity contribution < 1.29 is 38.4 Å². The second-order valence-electron chi connectivity index (χ2n) is 8.95. The highest BCUT2D eigenvalue weighted by molar-refractivity contribution is 9.10. The first kappa shape index (κ1) is 23.3. The number of ether oxygens (including phenoxy) is 1. The lowest BCUT2D eigenvalue weighted by Gasteiger charge is -2.26. The van der Waals surface area contributed by atoms with Crippen molar-refractivity contribution in [1.82, 2.24) is 0 Å². The molecule has 0 amide bonds. The Kier molecular flexibility index (Phi) is 6.43. The van der Waals surface area contributed by atoms with Crippen molar-refractivity contribution in [3.8, 4) is 11.5 Å². The zero-order valence-electron chi connectivity index (χ0n) is 18.6. The number of phenolic OH excluding ortho intramolecular Hbond substituents is 1. The first-order chi connectivity index (χ1) is 14.9. The van der Waals surface area contributed by atoms with Crippen LogP contribution in [0.2, 0.25) is 0 Å². The van der Waals surface area contributed by atoms with E-state index in [1.807, 2.05) is 6.07 Å². The maximum absolute atomic E-state index is 9.87. The summed E-state index contributed by atoms with van der Waals surface area (Å²) in [4.78, 5) is 0. The molecule has 0 saturated heterocycles. The third-order valence-electron chi connectivity index (χ3n) is 6.63. The molecule has 0 unspecified atom stereocenters. The fourth-order valence-corrected chi connectivity index (χ4v) is 5.39. The minimum Gasteiger partial charge on any atom is -1.00 e. The number of hydrogen-bond donors (Lipinski definition) is 1. The van der Waals surface area contributed by atoms with Crippen LogP contribution in [-0.4, -0.2) is 21.9 Å². The summed E-state index contributed by atoms with van der Waals surface area (Å²) < 4.78 is 9.83. The average molecular weight is 604 g/mol. The van der Waals surface area contributed by atoms with Gasteiger partial charge in [0.1, 0.15) is 23.8 Å². The Balaban J connectivity index is 0.00000245. The highest BCUT2D eigenvalue weighted by Crippen LogP contribution is 2.43. The number of aromatic hydroxyl groups is 1. The molecule has 1 aliphatic carbocycles. The molecule has 1 N–H and O–H groups in total. The van der Waals surface area contributed by atoms with Crippen molar-refractivity contribution in [3.63, 3.8) is 0 Å². The van der Waals surface area contributed by atoms with E-state index >= 15 is 0 Å². The molecular formula is C27H27BrINO2. The van der Waals surface area contributed by atoms with Crippen LogP contribution in [0.15, 0.2) is 69.9 Å². The summed E-state index contributed by atoms with van der Waals surface area (Å²) in [6, 6.07) is 11.9. The van der Waals surface area contributed by atoms with Crippen LogP contribution in [0.25, 0.3) is 6.08 Å². The summed E-state index contributed by atoms with van der Waals surface area (Å²) in [5, 5.41) is 9.87. The number of hydrogen-bond acceptors (Lipinski definition) is 2. The molecule has 2 aromatic rings. The molecule has 0 bridgehead atoms. The molecule has 5 rings (SSSR count). The molecule has 0 aromatic heterocycles. The number of benzene rings is 2. The molecule has 32 heavy (non-hydrogen) atoms. The number of phenols is 1. The van der Waals surface area contributed by atoms with Crippen LogP contribution in [0.5, 0.6) is 11.5 Å². The van der Waals surface area contributed by atoms with E-state index in [9.17, 15) is 5.11 Å². The van der Waals surface area contributed by atoms with Crippen LogP contribution in [0.1, 0.15) is 51.2 Å². The molecule has 0 atom stereocenters. The van der Waals surface area contributed by atoms with Gasteiger partial charge in [-0.25, -0.2) is 0 Å². The zero-order chi connectivity index (χ0) is 21.8. The summed E-state index contributed by atoms with van der Waals surface area (Å²) >= 11 is 3.64. The predicted molar refractivity (Wildman–Crippen MR) is 129 cm³/mol. The van der Waals surface area contributed by atoms with Crippen molar-refractivity contribution in [2.45, 2.75) is 45.4 Å². The van der Waals surface area contributed by atoms with E-state index in [1.165, 1.54) is 28.1 Å². The molecule has 0 spiro atoms. The Bertz CT molecular complexity index is 1220. The topological polar surface area (TPSA) is 32.5 Å². The van der Waals surface area contributed by atoms with E-state index in [0.29, 0.717) is 0 Å². The number of allylic oxidation sites excluding steroid dienone is 4. The van der Waals surface area contributed by atoms with E-state index in [0.717, 1.165) is 47.4 Å². The maximum atomic E-state index is 9.87. The molecule has 2 heterocycles.